The van der Waals surface area contributed by atoms with Crippen LogP contribution >= 0.6 is 0 Å². The Hall–Kier alpha value is -4.00. The Morgan fingerprint density at radius 3 is 2.56 bits per heavy atom. The van der Waals surface area contributed by atoms with Gasteiger partial charge in [-0.1, -0.05) is 62.4 Å². The minimum absolute atomic E-state index is 0.245. The number of ether oxygens (including phenoxy) is 1. The van der Waals surface area contributed by atoms with Gasteiger partial charge in [0.1, 0.15) is 0 Å². The van der Waals surface area contributed by atoms with Crippen LogP contribution in [0.5, 0.6) is 0 Å². The van der Waals surface area contributed by atoms with Crippen LogP contribution in [-0.4, -0.2) is 33.2 Å². The van der Waals surface area contributed by atoms with Gasteiger partial charge in [-0.05, 0) is 37.0 Å². The van der Waals surface area contributed by atoms with Gasteiger partial charge >= 0.3 is 5.97 Å². The first kappa shape index (κ1) is 23.2. The summed E-state index contributed by atoms with van der Waals surface area (Å²) in [5.74, 6) is -0.735. The lowest BCUT2D eigenvalue weighted by Gasteiger charge is -2.16. The lowest BCUT2D eigenvalue weighted by Crippen LogP contribution is -2.22. The second kappa shape index (κ2) is 9.87. The molecule has 0 bridgehead atoms. The maximum Gasteiger partial charge on any atom is 0.339 e. The zero-order chi connectivity index (χ0) is 24.2. The molecular formula is C27H28N4O3. The summed E-state index contributed by atoms with van der Waals surface area (Å²) in [6.07, 6.45) is 1.61. The number of rotatable bonds is 7. The fourth-order valence-electron chi connectivity index (χ4n) is 3.93. The van der Waals surface area contributed by atoms with E-state index in [2.05, 4.69) is 24.3 Å². The van der Waals surface area contributed by atoms with Gasteiger partial charge < -0.3 is 10.1 Å². The predicted octanol–water partition coefficient (Wildman–Crippen LogP) is 5.35. The number of pyridine rings is 1. The summed E-state index contributed by atoms with van der Waals surface area (Å²) in [6, 6.07) is 17.2. The molecule has 0 saturated heterocycles. The molecule has 0 aliphatic heterocycles. The van der Waals surface area contributed by atoms with Gasteiger partial charge in [0.2, 0.25) is 0 Å². The lowest BCUT2D eigenvalue weighted by molar-refractivity contribution is -0.119. The number of aromatic nitrogens is 3. The number of para-hydroxylation sites is 1. The van der Waals surface area contributed by atoms with Crippen molar-refractivity contribution >= 4 is 28.6 Å². The number of hydrogen-bond donors (Lipinski definition) is 1. The van der Waals surface area contributed by atoms with Crippen molar-refractivity contribution in [1.82, 2.24) is 14.8 Å². The van der Waals surface area contributed by atoms with Crippen molar-refractivity contribution < 1.29 is 14.3 Å². The number of amides is 1. The van der Waals surface area contributed by atoms with E-state index in [-0.39, 0.29) is 11.8 Å². The smallest absolute Gasteiger partial charge is 0.339 e. The number of carbonyl (C=O) groups excluding carboxylic acids is 2. The van der Waals surface area contributed by atoms with Crippen molar-refractivity contribution in [2.45, 2.75) is 40.2 Å². The van der Waals surface area contributed by atoms with Crippen LogP contribution in [0.1, 0.15) is 48.2 Å². The summed E-state index contributed by atoms with van der Waals surface area (Å²) >= 11 is 0. The van der Waals surface area contributed by atoms with E-state index in [0.29, 0.717) is 28.8 Å². The summed E-state index contributed by atoms with van der Waals surface area (Å²) in [5.41, 5.74) is 5.20. The van der Waals surface area contributed by atoms with Gasteiger partial charge in [-0.15, -0.1) is 0 Å². The predicted molar refractivity (Wildman–Crippen MR) is 133 cm³/mol. The molecule has 1 N–H and O–H groups in total. The zero-order valence-electron chi connectivity index (χ0n) is 19.8. The number of nitrogens with one attached hydrogen (secondary N) is 1. The van der Waals surface area contributed by atoms with E-state index in [1.54, 1.807) is 16.9 Å². The Labute approximate surface area is 198 Å². The zero-order valence-corrected chi connectivity index (χ0v) is 19.8. The third-order valence-electron chi connectivity index (χ3n) is 5.72. The summed E-state index contributed by atoms with van der Waals surface area (Å²) in [5, 5.41) is 7.85. The first-order valence-electron chi connectivity index (χ1n) is 11.4. The highest BCUT2D eigenvalue weighted by Crippen LogP contribution is 2.28. The van der Waals surface area contributed by atoms with E-state index in [1.165, 1.54) is 0 Å². The van der Waals surface area contributed by atoms with Crippen LogP contribution in [0.2, 0.25) is 0 Å². The Kier molecular flexibility index (Phi) is 6.72. The van der Waals surface area contributed by atoms with E-state index < -0.39 is 12.6 Å². The molecule has 174 valence electrons. The molecule has 34 heavy (non-hydrogen) atoms. The third kappa shape index (κ3) is 4.69. The highest BCUT2D eigenvalue weighted by atomic mass is 16.5. The topological polar surface area (TPSA) is 86.1 Å². The number of esters is 1. The molecule has 4 rings (SSSR count). The van der Waals surface area contributed by atoms with Gasteiger partial charge in [0.05, 0.1) is 22.8 Å². The fourth-order valence-corrected chi connectivity index (χ4v) is 3.93. The Balaban J connectivity index is 1.58. The number of nitrogens with zero attached hydrogens (tertiary/aromatic N) is 3. The van der Waals surface area contributed by atoms with E-state index in [0.717, 1.165) is 22.4 Å². The van der Waals surface area contributed by atoms with Crippen LogP contribution < -0.4 is 5.32 Å². The van der Waals surface area contributed by atoms with Gasteiger partial charge in [0, 0.05) is 17.8 Å². The lowest BCUT2D eigenvalue weighted by atomic mass is 9.98. The Morgan fingerprint density at radius 2 is 1.85 bits per heavy atom. The van der Waals surface area contributed by atoms with E-state index in [1.807, 2.05) is 62.4 Å². The van der Waals surface area contributed by atoms with Crippen molar-refractivity contribution in [3.8, 4) is 11.3 Å². The van der Waals surface area contributed by atoms with E-state index in [9.17, 15) is 9.59 Å². The largest absolute Gasteiger partial charge is 0.452 e. The average molecular weight is 457 g/mol. The number of fused-ring (bicyclic) bond motifs is 1. The van der Waals surface area contributed by atoms with E-state index >= 15 is 0 Å². The molecule has 0 saturated carbocycles. The minimum Gasteiger partial charge on any atom is -0.452 e. The summed E-state index contributed by atoms with van der Waals surface area (Å²) < 4.78 is 7.16. The Bertz CT molecular complexity index is 1340. The number of benzene rings is 2. The molecule has 4 aromatic rings. The molecule has 0 atom stereocenters. The fraction of sp³-hybridized carbons (Fsp3) is 0.259. The van der Waals surface area contributed by atoms with Crippen LogP contribution in [0.25, 0.3) is 22.3 Å². The van der Waals surface area contributed by atoms with Crippen molar-refractivity contribution in [3.63, 3.8) is 0 Å². The quantitative estimate of drug-likeness (QED) is 0.379. The first-order valence-corrected chi connectivity index (χ1v) is 11.4. The van der Waals surface area contributed by atoms with Crippen LogP contribution in [0.3, 0.4) is 0 Å². The van der Waals surface area contributed by atoms with Crippen molar-refractivity contribution in [2.24, 2.45) is 0 Å². The second-order valence-electron chi connectivity index (χ2n) is 8.44. The summed E-state index contributed by atoms with van der Waals surface area (Å²) in [4.78, 5) is 30.5. The van der Waals surface area contributed by atoms with Gasteiger partial charge in [-0.25, -0.2) is 14.5 Å². The molecular weight excluding hydrogens is 428 g/mol. The van der Waals surface area contributed by atoms with E-state index in [4.69, 9.17) is 9.72 Å². The van der Waals surface area contributed by atoms with Crippen molar-refractivity contribution in [1.29, 1.82) is 0 Å². The highest BCUT2D eigenvalue weighted by molar-refractivity contribution is 6.05. The van der Waals surface area contributed by atoms with Gasteiger partial charge in [0.15, 0.2) is 12.3 Å². The maximum atomic E-state index is 13.1. The molecule has 7 heteroatoms. The molecule has 2 heterocycles. The molecule has 2 aromatic heterocycles. The first-order chi connectivity index (χ1) is 16.4. The van der Waals surface area contributed by atoms with Crippen molar-refractivity contribution in [2.75, 3.05) is 11.9 Å². The van der Waals surface area contributed by atoms with Gasteiger partial charge in [-0.3, -0.25) is 4.79 Å². The molecule has 0 fully saturated rings. The SMILES string of the molecule is CCn1ncc2c(C(=O)OCC(=O)Nc3c(C)cccc3C(C)C)cc(-c3ccccc3)nc21. The van der Waals surface area contributed by atoms with Crippen LogP contribution in [-0.2, 0) is 16.1 Å². The molecule has 0 aliphatic carbocycles. The molecule has 0 aliphatic rings. The van der Waals surface area contributed by atoms with Gasteiger partial charge in [0.25, 0.3) is 5.91 Å². The molecule has 0 unspecified atom stereocenters. The van der Waals surface area contributed by atoms with Crippen LogP contribution in [0.15, 0.2) is 60.8 Å². The molecule has 0 radical (unpaired) electrons. The average Bonchev–Trinajstić information content (AvgIpc) is 3.26. The third-order valence-corrected chi connectivity index (χ3v) is 5.72. The highest BCUT2D eigenvalue weighted by Gasteiger charge is 2.20. The van der Waals surface area contributed by atoms with Gasteiger partial charge in [-0.2, -0.15) is 5.10 Å². The van der Waals surface area contributed by atoms with Crippen molar-refractivity contribution in [3.05, 3.63) is 77.5 Å². The standard InChI is InChI=1S/C27H28N4O3/c1-5-31-26-22(15-28-31)21(14-23(29-26)19-11-7-6-8-12-19)27(33)34-16-24(32)30-25-18(4)10-9-13-20(25)17(2)3/h6-15,17H,5,16H2,1-4H3,(H,30,32). The molecule has 7 nitrogen and oxygen atoms in total. The molecule has 0 spiro atoms. The maximum absolute atomic E-state index is 13.1. The minimum atomic E-state index is -0.593. The molecule has 1 amide bonds. The summed E-state index contributed by atoms with van der Waals surface area (Å²) in [6.45, 7) is 8.26. The molecule has 2 aromatic carbocycles. The van der Waals surface area contributed by atoms with Crippen LogP contribution in [0.4, 0.5) is 5.69 Å². The number of anilines is 1. The summed E-state index contributed by atoms with van der Waals surface area (Å²) in [7, 11) is 0. The monoisotopic (exact) mass is 456 g/mol. The normalized spacial score (nSPS) is 11.1. The number of hydrogen-bond acceptors (Lipinski definition) is 5. The van der Waals surface area contributed by atoms with Crippen LogP contribution in [0, 0.1) is 6.92 Å². The number of aryl methyl sites for hydroxylation is 2. The number of carbonyl (C=O) groups is 2. The second-order valence-corrected chi connectivity index (χ2v) is 8.44. The Morgan fingerprint density at radius 1 is 1.09 bits per heavy atom.